The summed E-state index contributed by atoms with van der Waals surface area (Å²) in [5.74, 6) is -0.146. The Morgan fingerprint density at radius 3 is 2.58 bits per heavy atom. The van der Waals surface area contributed by atoms with Crippen LogP contribution in [0.25, 0.3) is 26.3 Å². The number of hydrogen-bond donors (Lipinski definition) is 1. The number of ether oxygens (including phenoxy) is 3. The maximum absolute atomic E-state index is 13.3. The maximum atomic E-state index is 13.3. The molecule has 0 unspecified atom stereocenters. The minimum absolute atomic E-state index is 0.0683. The number of fused-ring (bicyclic) bond motifs is 1. The second kappa shape index (κ2) is 11.2. The van der Waals surface area contributed by atoms with Crippen LogP contribution in [0.1, 0.15) is 6.42 Å². The molecule has 2 heterocycles. The van der Waals surface area contributed by atoms with Crippen LogP contribution in [-0.4, -0.2) is 48.8 Å². The fourth-order valence-corrected chi connectivity index (χ4v) is 4.55. The van der Waals surface area contributed by atoms with Crippen molar-refractivity contribution in [3.05, 3.63) is 70.2 Å². The summed E-state index contributed by atoms with van der Waals surface area (Å²) in [7, 11) is 2.74. The van der Waals surface area contributed by atoms with Gasteiger partial charge in [-0.1, -0.05) is 23.7 Å². The third-order valence-electron chi connectivity index (χ3n) is 5.23. The number of halogens is 1. The molecule has 11 heteroatoms. The molecule has 0 fully saturated rings. The smallest absolute Gasteiger partial charge is 0.307 e. The van der Waals surface area contributed by atoms with E-state index < -0.39 is 11.9 Å². The molecule has 0 aliphatic heterocycles. The number of hydrogen-bond acceptors (Lipinski definition) is 8. The van der Waals surface area contributed by atoms with Gasteiger partial charge in [0.2, 0.25) is 0 Å². The number of nitrogens with zero attached hydrogens (tertiary/aromatic N) is 2. The Morgan fingerprint density at radius 1 is 1.08 bits per heavy atom. The number of aromatic nitrogens is 2. The zero-order valence-electron chi connectivity index (χ0n) is 19.4. The number of benzene rings is 2. The molecular weight excluding hydrogens is 506 g/mol. The molecular formula is C25H22ClN3O6S. The molecule has 1 amide bonds. The normalized spacial score (nSPS) is 10.8. The molecule has 0 atom stereocenters. The number of amides is 1. The second-order valence-electron chi connectivity index (χ2n) is 7.55. The topological polar surface area (TPSA) is 109 Å². The Kier molecular flexibility index (Phi) is 7.87. The van der Waals surface area contributed by atoms with Gasteiger partial charge in [0, 0.05) is 22.5 Å². The van der Waals surface area contributed by atoms with Crippen LogP contribution in [-0.2, 0) is 14.3 Å². The Labute approximate surface area is 215 Å². The number of thiophene rings is 1. The van der Waals surface area contributed by atoms with Crippen molar-refractivity contribution in [1.82, 2.24) is 14.9 Å². The fraction of sp³-hybridized carbons (Fsp3) is 0.200. The van der Waals surface area contributed by atoms with E-state index >= 15 is 0 Å². The highest BCUT2D eigenvalue weighted by Crippen LogP contribution is 2.32. The predicted molar refractivity (Wildman–Crippen MR) is 137 cm³/mol. The van der Waals surface area contributed by atoms with Crippen molar-refractivity contribution >= 4 is 45.0 Å². The zero-order chi connectivity index (χ0) is 25.7. The van der Waals surface area contributed by atoms with Gasteiger partial charge < -0.3 is 19.5 Å². The highest BCUT2D eigenvalue weighted by Gasteiger charge is 2.14. The summed E-state index contributed by atoms with van der Waals surface area (Å²) < 4.78 is 17.4. The molecule has 0 spiro atoms. The van der Waals surface area contributed by atoms with Gasteiger partial charge in [-0.15, -0.1) is 11.3 Å². The van der Waals surface area contributed by atoms with Crippen molar-refractivity contribution in [3.63, 3.8) is 0 Å². The third-order valence-corrected chi connectivity index (χ3v) is 6.64. The lowest BCUT2D eigenvalue weighted by Crippen LogP contribution is -2.31. The van der Waals surface area contributed by atoms with Gasteiger partial charge in [0.25, 0.3) is 11.5 Å². The number of rotatable bonds is 9. The molecule has 0 saturated carbocycles. The van der Waals surface area contributed by atoms with Gasteiger partial charge >= 0.3 is 5.97 Å². The van der Waals surface area contributed by atoms with Crippen LogP contribution in [0.2, 0.25) is 5.02 Å². The predicted octanol–water partition coefficient (Wildman–Crippen LogP) is 3.83. The number of methoxy groups -OCH3 is 2. The van der Waals surface area contributed by atoms with Gasteiger partial charge in [-0.25, -0.2) is 4.98 Å². The van der Waals surface area contributed by atoms with E-state index in [4.69, 9.17) is 21.1 Å². The summed E-state index contributed by atoms with van der Waals surface area (Å²) in [5, 5.41) is 3.21. The molecule has 36 heavy (non-hydrogen) atoms. The molecule has 4 aromatic rings. The molecule has 186 valence electrons. The van der Waals surface area contributed by atoms with Crippen LogP contribution >= 0.6 is 22.9 Å². The van der Waals surface area contributed by atoms with Crippen LogP contribution in [0.15, 0.2) is 59.7 Å². The summed E-state index contributed by atoms with van der Waals surface area (Å²) in [5.41, 5.74) is 1.87. The molecule has 0 aliphatic rings. The highest BCUT2D eigenvalue weighted by molar-refractivity contribution is 7.22. The molecule has 2 aromatic heterocycles. The summed E-state index contributed by atoms with van der Waals surface area (Å²) in [6.45, 7) is -0.126. The van der Waals surface area contributed by atoms with Crippen molar-refractivity contribution in [2.24, 2.45) is 0 Å². The molecule has 1 N–H and O–H groups in total. The van der Waals surface area contributed by atoms with Crippen LogP contribution < -0.4 is 20.3 Å². The van der Waals surface area contributed by atoms with E-state index in [2.05, 4.69) is 15.0 Å². The van der Waals surface area contributed by atoms with Crippen molar-refractivity contribution in [2.45, 2.75) is 6.42 Å². The average molecular weight is 528 g/mol. The van der Waals surface area contributed by atoms with E-state index in [-0.39, 0.29) is 25.1 Å². The Balaban J connectivity index is 1.52. The fourth-order valence-electron chi connectivity index (χ4n) is 3.38. The quantitative estimate of drug-likeness (QED) is 0.329. The first-order valence-corrected chi connectivity index (χ1v) is 12.0. The van der Waals surface area contributed by atoms with Gasteiger partial charge in [0.15, 0.2) is 18.1 Å². The Morgan fingerprint density at radius 2 is 1.86 bits per heavy atom. The molecule has 0 radical (unpaired) electrons. The molecule has 0 aliphatic carbocycles. The van der Waals surface area contributed by atoms with E-state index in [1.54, 1.807) is 30.3 Å². The third kappa shape index (κ3) is 5.67. The molecule has 2 aromatic carbocycles. The van der Waals surface area contributed by atoms with Crippen molar-refractivity contribution in [1.29, 1.82) is 0 Å². The van der Waals surface area contributed by atoms with Gasteiger partial charge in [0.05, 0.1) is 31.8 Å². The molecule has 0 bridgehead atoms. The first-order chi connectivity index (χ1) is 17.4. The van der Waals surface area contributed by atoms with E-state index in [0.717, 1.165) is 10.4 Å². The van der Waals surface area contributed by atoms with E-state index in [1.165, 1.54) is 36.5 Å². The van der Waals surface area contributed by atoms with Crippen molar-refractivity contribution in [2.75, 3.05) is 27.4 Å². The van der Waals surface area contributed by atoms with Gasteiger partial charge in [0.1, 0.15) is 11.0 Å². The molecule has 0 saturated heterocycles. The molecule has 4 rings (SSSR count). The van der Waals surface area contributed by atoms with Crippen LogP contribution in [0.3, 0.4) is 0 Å². The second-order valence-corrected chi connectivity index (χ2v) is 9.04. The number of carbonyl (C=O) groups excluding carboxylic acids is 2. The lowest BCUT2D eigenvalue weighted by atomic mass is 10.2. The number of nitrogens with one attached hydrogen (secondary N) is 1. The van der Waals surface area contributed by atoms with Gasteiger partial charge in [-0.05, 0) is 35.9 Å². The van der Waals surface area contributed by atoms with Gasteiger partial charge in [-0.3, -0.25) is 19.0 Å². The summed E-state index contributed by atoms with van der Waals surface area (Å²) in [4.78, 5) is 41.7. The SMILES string of the molecule is COC(=O)CCNC(=O)COc1ccc(-n2cnc3cc(-c4ccc(Cl)cc4)sc3c2=O)cc1OC. The summed E-state index contributed by atoms with van der Waals surface area (Å²) in [6.07, 6.45) is 1.53. The summed E-state index contributed by atoms with van der Waals surface area (Å²) in [6, 6.07) is 14.2. The van der Waals surface area contributed by atoms with Crippen LogP contribution in [0.4, 0.5) is 0 Å². The standard InChI is InChI=1S/C25H22ClN3O6S/c1-33-20-11-17(7-8-19(20)35-13-22(30)27-10-9-23(31)34-2)29-14-28-18-12-21(36-24(18)25(29)32)15-3-5-16(26)6-4-15/h3-8,11-12,14H,9-10,13H2,1-2H3,(H,27,30). The highest BCUT2D eigenvalue weighted by atomic mass is 35.5. The first kappa shape index (κ1) is 25.2. The Bertz CT molecular complexity index is 1470. The maximum Gasteiger partial charge on any atom is 0.307 e. The van der Waals surface area contributed by atoms with Crippen molar-refractivity contribution < 1.29 is 23.8 Å². The van der Waals surface area contributed by atoms with Crippen LogP contribution in [0.5, 0.6) is 11.5 Å². The van der Waals surface area contributed by atoms with Crippen molar-refractivity contribution in [3.8, 4) is 27.6 Å². The zero-order valence-corrected chi connectivity index (χ0v) is 21.0. The van der Waals surface area contributed by atoms with Gasteiger partial charge in [-0.2, -0.15) is 0 Å². The minimum atomic E-state index is -0.417. The number of esters is 1. The summed E-state index contributed by atoms with van der Waals surface area (Å²) >= 11 is 7.34. The monoisotopic (exact) mass is 527 g/mol. The molecule has 9 nitrogen and oxygen atoms in total. The van der Waals surface area contributed by atoms with E-state index in [1.807, 2.05) is 18.2 Å². The minimum Gasteiger partial charge on any atom is -0.493 e. The first-order valence-electron chi connectivity index (χ1n) is 10.8. The average Bonchev–Trinajstić information content (AvgIpc) is 3.33. The van der Waals surface area contributed by atoms with Crippen LogP contribution in [0, 0.1) is 0 Å². The lowest BCUT2D eigenvalue weighted by Gasteiger charge is -2.13. The van der Waals surface area contributed by atoms with E-state index in [0.29, 0.717) is 32.4 Å². The van der Waals surface area contributed by atoms with E-state index in [9.17, 15) is 14.4 Å². The number of carbonyl (C=O) groups is 2. The largest absolute Gasteiger partial charge is 0.493 e. The Hall–Kier alpha value is -3.89. The lowest BCUT2D eigenvalue weighted by molar-refractivity contribution is -0.140.